The van der Waals surface area contributed by atoms with Gasteiger partial charge in [0.05, 0.1) is 17.3 Å². The monoisotopic (exact) mass is 522 g/mol. The molecule has 0 aliphatic carbocycles. The van der Waals surface area contributed by atoms with Crippen LogP contribution in [0.4, 0.5) is 19.0 Å². The smallest absolute Gasteiger partial charge is 0.266 e. The van der Waals surface area contributed by atoms with Gasteiger partial charge in [-0.2, -0.15) is 0 Å². The number of aromatic nitrogens is 2. The van der Waals surface area contributed by atoms with Gasteiger partial charge in [0.25, 0.3) is 6.43 Å². The number of allylic oxidation sites excluding steroid dienone is 2. The molecule has 1 aromatic carbocycles. The van der Waals surface area contributed by atoms with Gasteiger partial charge in [-0.15, -0.1) is 0 Å². The quantitative estimate of drug-likeness (QED) is 0.315. The first-order valence-corrected chi connectivity index (χ1v) is 12.4. The highest BCUT2D eigenvalue weighted by Gasteiger charge is 2.22. The van der Waals surface area contributed by atoms with Crippen molar-refractivity contribution in [3.05, 3.63) is 63.8 Å². The number of carbonyl (C=O) groups excluding carboxylic acids is 2. The number of nitrogens with one attached hydrogen (secondary N) is 2. The molecule has 10 heteroatoms. The molecular formula is C26H30ClF3N4O2. The second-order valence-corrected chi connectivity index (χ2v) is 9.11. The lowest BCUT2D eigenvalue weighted by molar-refractivity contribution is -0.123. The lowest BCUT2D eigenvalue weighted by atomic mass is 9.92. The van der Waals surface area contributed by atoms with E-state index in [9.17, 15) is 22.8 Å². The van der Waals surface area contributed by atoms with E-state index in [2.05, 4.69) is 20.6 Å². The predicted octanol–water partition coefficient (Wildman–Crippen LogP) is 5.92. The topological polar surface area (TPSA) is 84.0 Å². The molecule has 1 amide bonds. The molecule has 3 rings (SSSR count). The minimum Gasteiger partial charge on any atom is -0.363 e. The third-order valence-electron chi connectivity index (χ3n) is 6.29. The number of hydrogen-bond acceptors (Lipinski definition) is 5. The zero-order chi connectivity index (χ0) is 26.2. The minimum absolute atomic E-state index is 0.00345. The third kappa shape index (κ3) is 7.06. The molecule has 2 heterocycles. The standard InChI is InChI=1S/C26H30ClF3N4O2/c1-3-20-18(9-6-11-21(35)16-7-4-12-22(36)31-14-13-16)25(34-26(27)33-20)32-15(2)17-8-5-10-19(23(17)28)24(29)30/h5-6,8,10-11,15-16,24H,3-4,7,9,12-14H2,1-2H3,(H,31,36)(H,32,33,34)/b11-6+/t15-,16?/m1/s1. The maximum atomic E-state index is 14.7. The Kier molecular flexibility index (Phi) is 9.87. The fraction of sp³-hybridized carbons (Fsp3) is 0.462. The Balaban J connectivity index is 1.79. The van der Waals surface area contributed by atoms with Crippen LogP contribution in [-0.2, 0) is 22.4 Å². The van der Waals surface area contributed by atoms with Crippen LogP contribution in [0.15, 0.2) is 30.4 Å². The van der Waals surface area contributed by atoms with Gasteiger partial charge in [-0.25, -0.2) is 23.1 Å². The maximum Gasteiger partial charge on any atom is 0.266 e. The van der Waals surface area contributed by atoms with Gasteiger partial charge in [0, 0.05) is 30.0 Å². The van der Waals surface area contributed by atoms with Crippen LogP contribution in [0, 0.1) is 11.7 Å². The van der Waals surface area contributed by atoms with Crippen molar-refractivity contribution in [1.82, 2.24) is 15.3 Å². The molecule has 1 unspecified atom stereocenters. The molecule has 0 saturated carbocycles. The average molecular weight is 523 g/mol. The molecule has 1 saturated heterocycles. The maximum absolute atomic E-state index is 14.7. The second kappa shape index (κ2) is 12.9. The van der Waals surface area contributed by atoms with Gasteiger partial charge in [-0.3, -0.25) is 9.59 Å². The van der Waals surface area contributed by atoms with Crippen molar-refractivity contribution in [2.75, 3.05) is 11.9 Å². The number of amides is 1. The number of rotatable bonds is 9. The Labute approximate surface area is 213 Å². The van der Waals surface area contributed by atoms with Crippen LogP contribution >= 0.6 is 11.6 Å². The van der Waals surface area contributed by atoms with Gasteiger partial charge in [0.1, 0.15) is 11.6 Å². The van der Waals surface area contributed by atoms with E-state index >= 15 is 0 Å². The minimum atomic E-state index is -2.93. The van der Waals surface area contributed by atoms with Gasteiger partial charge in [-0.1, -0.05) is 31.2 Å². The zero-order valence-corrected chi connectivity index (χ0v) is 21.0. The van der Waals surface area contributed by atoms with E-state index in [1.165, 1.54) is 12.1 Å². The number of carbonyl (C=O) groups is 2. The first kappa shape index (κ1) is 27.6. The number of ketones is 1. The largest absolute Gasteiger partial charge is 0.363 e. The summed E-state index contributed by atoms with van der Waals surface area (Å²) in [6.45, 7) is 4.02. The summed E-state index contributed by atoms with van der Waals surface area (Å²) in [6, 6.07) is 3.20. The Morgan fingerprint density at radius 1 is 1.28 bits per heavy atom. The molecule has 194 valence electrons. The molecule has 6 nitrogen and oxygen atoms in total. The second-order valence-electron chi connectivity index (χ2n) is 8.77. The number of aryl methyl sites for hydroxylation is 1. The Morgan fingerprint density at radius 2 is 2.03 bits per heavy atom. The third-order valence-corrected chi connectivity index (χ3v) is 6.46. The molecule has 2 aromatic rings. The van der Waals surface area contributed by atoms with E-state index in [4.69, 9.17) is 11.6 Å². The number of alkyl halides is 2. The first-order valence-electron chi connectivity index (χ1n) is 12.1. The molecule has 1 aliphatic rings. The Morgan fingerprint density at radius 3 is 2.75 bits per heavy atom. The molecule has 0 bridgehead atoms. The van der Waals surface area contributed by atoms with Crippen molar-refractivity contribution in [3.8, 4) is 0 Å². The van der Waals surface area contributed by atoms with E-state index in [-0.39, 0.29) is 28.5 Å². The number of halogens is 4. The molecule has 0 radical (unpaired) electrons. The van der Waals surface area contributed by atoms with Crippen LogP contribution in [0.25, 0.3) is 0 Å². The summed E-state index contributed by atoms with van der Waals surface area (Å²) in [5, 5.41) is 5.90. The van der Waals surface area contributed by atoms with Crippen LogP contribution < -0.4 is 10.6 Å². The molecule has 1 fully saturated rings. The average Bonchev–Trinajstić information content (AvgIpc) is 2.82. The molecule has 2 atom stereocenters. The van der Waals surface area contributed by atoms with E-state index in [0.717, 1.165) is 6.07 Å². The highest BCUT2D eigenvalue weighted by molar-refractivity contribution is 6.28. The summed E-state index contributed by atoms with van der Waals surface area (Å²) in [4.78, 5) is 32.8. The predicted molar refractivity (Wildman–Crippen MR) is 133 cm³/mol. The van der Waals surface area contributed by atoms with E-state index < -0.39 is 23.8 Å². The fourth-order valence-corrected chi connectivity index (χ4v) is 4.51. The number of benzene rings is 1. The summed E-state index contributed by atoms with van der Waals surface area (Å²) in [6.07, 6.45) is 3.55. The first-order chi connectivity index (χ1) is 17.2. The highest BCUT2D eigenvalue weighted by atomic mass is 35.5. The van der Waals surface area contributed by atoms with Gasteiger partial charge < -0.3 is 10.6 Å². The SMILES string of the molecule is CCc1nc(Cl)nc(N[C@H](C)c2cccc(C(F)F)c2F)c1C/C=C/C(=O)C1CCCC(=O)NCC1. The van der Waals surface area contributed by atoms with Crippen LogP contribution in [0.5, 0.6) is 0 Å². The number of hydrogen-bond donors (Lipinski definition) is 2. The molecule has 1 aliphatic heterocycles. The van der Waals surface area contributed by atoms with E-state index in [1.54, 1.807) is 19.1 Å². The van der Waals surface area contributed by atoms with Crippen molar-refractivity contribution in [1.29, 1.82) is 0 Å². The molecule has 0 spiro atoms. The number of nitrogens with zero attached hydrogens (tertiary/aromatic N) is 2. The van der Waals surface area contributed by atoms with Gasteiger partial charge >= 0.3 is 0 Å². The summed E-state index contributed by atoms with van der Waals surface area (Å²) in [5.41, 5.74) is 0.769. The van der Waals surface area contributed by atoms with Crippen molar-refractivity contribution >= 4 is 29.1 Å². The van der Waals surface area contributed by atoms with Crippen LogP contribution in [0.3, 0.4) is 0 Å². The summed E-state index contributed by atoms with van der Waals surface area (Å²) >= 11 is 6.12. The van der Waals surface area contributed by atoms with Crippen molar-refractivity contribution in [2.45, 2.75) is 64.8 Å². The van der Waals surface area contributed by atoms with Crippen molar-refractivity contribution in [3.63, 3.8) is 0 Å². The zero-order valence-electron chi connectivity index (χ0n) is 20.3. The molecule has 36 heavy (non-hydrogen) atoms. The van der Waals surface area contributed by atoms with Crippen LogP contribution in [-0.4, -0.2) is 28.2 Å². The highest BCUT2D eigenvalue weighted by Crippen LogP contribution is 2.30. The van der Waals surface area contributed by atoms with Gasteiger partial charge in [-0.05, 0) is 56.7 Å². The fourth-order valence-electron chi connectivity index (χ4n) is 4.32. The van der Waals surface area contributed by atoms with E-state index in [1.807, 2.05) is 6.92 Å². The summed E-state index contributed by atoms with van der Waals surface area (Å²) in [5.74, 6) is -0.761. The van der Waals surface area contributed by atoms with Gasteiger partial charge in [0.2, 0.25) is 11.2 Å². The lowest BCUT2D eigenvalue weighted by Crippen LogP contribution is -2.30. The lowest BCUT2D eigenvalue weighted by Gasteiger charge is -2.20. The van der Waals surface area contributed by atoms with E-state index in [0.29, 0.717) is 62.1 Å². The van der Waals surface area contributed by atoms with Crippen molar-refractivity contribution < 1.29 is 22.8 Å². The Hall–Kier alpha value is -2.94. The summed E-state index contributed by atoms with van der Waals surface area (Å²) in [7, 11) is 0. The van der Waals surface area contributed by atoms with Crippen LogP contribution in [0.1, 0.15) is 74.4 Å². The molecule has 2 N–H and O–H groups in total. The van der Waals surface area contributed by atoms with Crippen LogP contribution in [0.2, 0.25) is 5.28 Å². The van der Waals surface area contributed by atoms with Gasteiger partial charge in [0.15, 0.2) is 5.78 Å². The molecular weight excluding hydrogens is 493 g/mol. The van der Waals surface area contributed by atoms with Crippen molar-refractivity contribution in [2.24, 2.45) is 5.92 Å². The Bertz CT molecular complexity index is 1110. The summed E-state index contributed by atoms with van der Waals surface area (Å²) < 4.78 is 41.0. The molecule has 1 aromatic heterocycles. The number of anilines is 1. The normalized spacial score (nSPS) is 17.5.